The Morgan fingerprint density at radius 2 is 1.63 bits per heavy atom. The summed E-state index contributed by atoms with van der Waals surface area (Å²) in [5.74, 6) is 5.05. The molecule has 0 aromatic rings. The highest BCUT2D eigenvalue weighted by atomic mass is 16.6. The molecule has 0 heterocycles. The van der Waals surface area contributed by atoms with Crippen molar-refractivity contribution < 1.29 is 19.1 Å². The van der Waals surface area contributed by atoms with Gasteiger partial charge >= 0.3 is 12.2 Å². The second-order valence-electron chi connectivity index (χ2n) is 15.7. The van der Waals surface area contributed by atoms with Crippen LogP contribution in [0.3, 0.4) is 0 Å². The number of carbonyl (C=O) groups excluding carboxylic acids is 2. The molecule has 4 rings (SSSR count). The molecule has 6 heteroatoms. The van der Waals surface area contributed by atoms with Gasteiger partial charge < -0.3 is 20.1 Å². The third-order valence-corrected chi connectivity index (χ3v) is 12.6. The highest BCUT2D eigenvalue weighted by Crippen LogP contribution is 2.67. The lowest BCUT2D eigenvalue weighted by Gasteiger charge is -2.58. The fourth-order valence-electron chi connectivity index (χ4n) is 9.88. The van der Waals surface area contributed by atoms with Gasteiger partial charge in [0.15, 0.2) is 0 Å². The van der Waals surface area contributed by atoms with Crippen molar-refractivity contribution in [3.63, 3.8) is 0 Å². The second kappa shape index (κ2) is 15.0. The molecular weight excluding hydrogens is 536 g/mol. The Morgan fingerprint density at radius 3 is 2.33 bits per heavy atom. The Morgan fingerprint density at radius 1 is 0.907 bits per heavy atom. The van der Waals surface area contributed by atoms with Gasteiger partial charge in [-0.15, -0.1) is 0 Å². The summed E-state index contributed by atoms with van der Waals surface area (Å²) < 4.78 is 11.1. The molecule has 2 amide bonds. The van der Waals surface area contributed by atoms with Crippen LogP contribution in [-0.2, 0) is 9.47 Å². The van der Waals surface area contributed by atoms with E-state index < -0.39 is 0 Å². The number of rotatable bonds is 13. The zero-order chi connectivity index (χ0) is 31.2. The molecule has 0 radical (unpaired) electrons. The molecule has 2 N–H and O–H groups in total. The fraction of sp³-hybridized carbons (Fsp3) is 0.892. The summed E-state index contributed by atoms with van der Waals surface area (Å²) in [6, 6.07) is 0. The third-order valence-electron chi connectivity index (χ3n) is 12.6. The molecule has 4 aliphatic carbocycles. The predicted octanol–water partition coefficient (Wildman–Crippen LogP) is 9.43. The number of fused-ring (bicyclic) bond motifs is 5. The predicted molar refractivity (Wildman–Crippen MR) is 175 cm³/mol. The van der Waals surface area contributed by atoms with Crippen molar-refractivity contribution in [1.82, 2.24) is 10.6 Å². The Hall–Kier alpha value is -1.72. The summed E-state index contributed by atoms with van der Waals surface area (Å²) >= 11 is 0. The number of carbonyl (C=O) groups is 2. The van der Waals surface area contributed by atoms with Gasteiger partial charge in [-0.25, -0.2) is 9.59 Å². The van der Waals surface area contributed by atoms with E-state index in [1.807, 2.05) is 13.8 Å². The topological polar surface area (TPSA) is 76.7 Å². The van der Waals surface area contributed by atoms with Crippen LogP contribution in [0.25, 0.3) is 0 Å². The van der Waals surface area contributed by atoms with Gasteiger partial charge in [0.2, 0.25) is 0 Å². The van der Waals surface area contributed by atoms with E-state index in [0.717, 1.165) is 74.0 Å². The molecule has 9 unspecified atom stereocenters. The van der Waals surface area contributed by atoms with Gasteiger partial charge in [0, 0.05) is 19.5 Å². The monoisotopic (exact) mass is 600 g/mol. The molecule has 4 aliphatic rings. The van der Waals surface area contributed by atoms with Crippen LogP contribution in [0.1, 0.15) is 138 Å². The highest BCUT2D eigenvalue weighted by Gasteiger charge is 2.59. The van der Waals surface area contributed by atoms with Gasteiger partial charge in [0.25, 0.3) is 0 Å². The molecule has 246 valence electrons. The summed E-state index contributed by atoms with van der Waals surface area (Å²) in [6.07, 6.45) is 18.2. The fourth-order valence-corrected chi connectivity index (χ4v) is 9.88. The van der Waals surface area contributed by atoms with Crippen LogP contribution in [0.4, 0.5) is 9.59 Å². The largest absolute Gasteiger partial charge is 0.447 e. The first-order chi connectivity index (χ1) is 20.5. The Balaban J connectivity index is 1.22. The van der Waals surface area contributed by atoms with Crippen LogP contribution >= 0.6 is 0 Å². The summed E-state index contributed by atoms with van der Waals surface area (Å²) in [5, 5.41) is 5.69. The average Bonchev–Trinajstić information content (AvgIpc) is 3.32. The van der Waals surface area contributed by atoms with Crippen LogP contribution in [0.2, 0.25) is 0 Å². The lowest BCUT2D eigenvalue weighted by molar-refractivity contribution is -0.0581. The lowest BCUT2D eigenvalue weighted by atomic mass is 9.47. The maximum atomic E-state index is 12.6. The quantitative estimate of drug-likeness (QED) is 0.163. The van der Waals surface area contributed by atoms with Crippen LogP contribution in [-0.4, -0.2) is 37.5 Å². The summed E-state index contributed by atoms with van der Waals surface area (Å²) in [6.45, 7) is 17.5. The lowest BCUT2D eigenvalue weighted by Crippen LogP contribution is -2.51. The highest BCUT2D eigenvalue weighted by molar-refractivity contribution is 5.67. The Labute approximate surface area is 263 Å². The van der Waals surface area contributed by atoms with Crippen LogP contribution in [0.15, 0.2) is 11.6 Å². The maximum absolute atomic E-state index is 12.6. The molecule has 3 fully saturated rings. The standard InChI is InChI=1S/C37H64N2O4/c1-8-27(5)42-34(40)38-22-9-10-23-39-35(41)43-29-18-20-36(6)28(24-29)14-15-30-32-17-16-31(26(4)13-11-12-25(2)3)37(32,7)21-19-33(30)36/h14,25-27,29-33H,8-13,15-24H2,1-7H3,(H,38,40)(H,39,41). The van der Waals surface area contributed by atoms with Crippen molar-refractivity contribution in [3.05, 3.63) is 11.6 Å². The van der Waals surface area contributed by atoms with E-state index in [1.54, 1.807) is 5.57 Å². The van der Waals surface area contributed by atoms with E-state index in [9.17, 15) is 9.59 Å². The summed E-state index contributed by atoms with van der Waals surface area (Å²) in [7, 11) is 0. The molecular formula is C37H64N2O4. The van der Waals surface area contributed by atoms with E-state index in [1.165, 1.54) is 51.4 Å². The maximum Gasteiger partial charge on any atom is 0.407 e. The van der Waals surface area contributed by atoms with Crippen LogP contribution < -0.4 is 10.6 Å². The van der Waals surface area contributed by atoms with Gasteiger partial charge in [0.05, 0.1) is 0 Å². The number of hydrogen-bond acceptors (Lipinski definition) is 4. The van der Waals surface area contributed by atoms with Crippen molar-refractivity contribution in [2.24, 2.45) is 46.3 Å². The molecule has 9 atom stereocenters. The van der Waals surface area contributed by atoms with Crippen LogP contribution in [0.5, 0.6) is 0 Å². The van der Waals surface area contributed by atoms with E-state index in [-0.39, 0.29) is 29.8 Å². The van der Waals surface area contributed by atoms with Gasteiger partial charge in [0.1, 0.15) is 12.2 Å². The number of hydrogen-bond donors (Lipinski definition) is 2. The molecule has 0 bridgehead atoms. The molecule has 6 nitrogen and oxygen atoms in total. The minimum Gasteiger partial charge on any atom is -0.447 e. The summed E-state index contributed by atoms with van der Waals surface area (Å²) in [5.41, 5.74) is 2.35. The number of allylic oxidation sites excluding steroid dienone is 1. The van der Waals surface area contributed by atoms with Gasteiger partial charge in [-0.3, -0.25) is 0 Å². The van der Waals surface area contributed by atoms with Crippen molar-refractivity contribution in [1.29, 1.82) is 0 Å². The smallest absolute Gasteiger partial charge is 0.407 e. The van der Waals surface area contributed by atoms with E-state index in [2.05, 4.69) is 51.3 Å². The molecule has 0 saturated heterocycles. The number of nitrogens with one attached hydrogen (secondary N) is 2. The van der Waals surface area contributed by atoms with Gasteiger partial charge in [-0.1, -0.05) is 72.5 Å². The molecule has 0 aliphatic heterocycles. The molecule has 0 aromatic heterocycles. The first-order valence-corrected chi connectivity index (χ1v) is 18.1. The van der Waals surface area contributed by atoms with Crippen LogP contribution in [0, 0.1) is 46.3 Å². The normalized spacial score (nSPS) is 34.7. The van der Waals surface area contributed by atoms with Crippen molar-refractivity contribution in [2.45, 2.75) is 151 Å². The average molecular weight is 601 g/mol. The van der Waals surface area contributed by atoms with Gasteiger partial charge in [-0.05, 0) is 117 Å². The number of unbranched alkanes of at least 4 members (excludes halogenated alkanes) is 1. The first-order valence-electron chi connectivity index (χ1n) is 18.1. The molecule has 0 spiro atoms. The first kappa shape index (κ1) is 34.2. The van der Waals surface area contributed by atoms with Crippen molar-refractivity contribution >= 4 is 12.2 Å². The van der Waals surface area contributed by atoms with Crippen molar-refractivity contribution in [2.75, 3.05) is 13.1 Å². The minimum atomic E-state index is -0.369. The zero-order valence-electron chi connectivity index (χ0n) is 28.6. The zero-order valence-corrected chi connectivity index (χ0v) is 28.6. The van der Waals surface area contributed by atoms with E-state index in [0.29, 0.717) is 18.5 Å². The SMILES string of the molecule is CCC(C)OC(=O)NCCCCNC(=O)OC1CCC2(C)C(=CCC3C2CCC2(C)C(C(C)CCCC(C)C)CCC32)C1. The number of alkyl carbamates (subject to hydrolysis) is 2. The number of amides is 2. The minimum absolute atomic E-state index is 0.0238. The van der Waals surface area contributed by atoms with E-state index in [4.69, 9.17) is 9.47 Å². The van der Waals surface area contributed by atoms with Crippen molar-refractivity contribution in [3.8, 4) is 0 Å². The second-order valence-corrected chi connectivity index (χ2v) is 15.7. The molecule has 0 aromatic carbocycles. The summed E-state index contributed by atoms with van der Waals surface area (Å²) in [4.78, 5) is 24.3. The van der Waals surface area contributed by atoms with E-state index >= 15 is 0 Å². The Kier molecular flexibility index (Phi) is 11.9. The third kappa shape index (κ3) is 8.12. The Bertz CT molecular complexity index is 964. The number of ether oxygens (including phenoxy) is 2. The molecule has 3 saturated carbocycles. The van der Waals surface area contributed by atoms with Gasteiger partial charge in [-0.2, -0.15) is 0 Å². The molecule has 43 heavy (non-hydrogen) atoms.